The highest BCUT2D eigenvalue weighted by molar-refractivity contribution is 5.40. The van der Waals surface area contributed by atoms with E-state index in [0.717, 1.165) is 25.2 Å². The van der Waals surface area contributed by atoms with Gasteiger partial charge in [0.2, 0.25) is 0 Å². The lowest BCUT2D eigenvalue weighted by Crippen LogP contribution is -2.45. The Kier molecular flexibility index (Phi) is 2.91. The van der Waals surface area contributed by atoms with Crippen molar-refractivity contribution in [2.75, 3.05) is 0 Å². The number of aliphatic hydroxyl groups is 2. The molecule has 3 fully saturated rings. The van der Waals surface area contributed by atoms with Gasteiger partial charge in [-0.05, 0) is 79.3 Å². The topological polar surface area (TPSA) is 40.5 Å². The van der Waals surface area contributed by atoms with Gasteiger partial charge in [-0.2, -0.15) is 0 Å². The van der Waals surface area contributed by atoms with Crippen LogP contribution in [0.5, 0.6) is 0 Å². The molecule has 1 unspecified atom stereocenters. The Morgan fingerprint density at radius 1 is 1.15 bits per heavy atom. The zero-order valence-electron chi connectivity index (χ0n) is 12.4. The Morgan fingerprint density at radius 3 is 2.85 bits per heavy atom. The van der Waals surface area contributed by atoms with E-state index in [9.17, 15) is 10.2 Å². The predicted molar refractivity (Wildman–Crippen MR) is 79.1 cm³/mol. The van der Waals surface area contributed by atoms with Gasteiger partial charge in [0.25, 0.3) is 0 Å². The minimum Gasteiger partial charge on any atom is -0.393 e. The number of fused-ring (bicyclic) bond motifs is 5. The lowest BCUT2D eigenvalue weighted by Gasteiger charge is -2.51. The highest BCUT2D eigenvalue weighted by Crippen LogP contribution is 2.61. The molecule has 4 rings (SSSR count). The molecule has 0 bridgehead atoms. The Hall–Kier alpha value is -0.600. The van der Waals surface area contributed by atoms with Crippen LogP contribution in [0.15, 0.2) is 23.3 Å². The van der Waals surface area contributed by atoms with Gasteiger partial charge < -0.3 is 10.2 Å². The largest absolute Gasteiger partial charge is 0.393 e. The summed E-state index contributed by atoms with van der Waals surface area (Å²) in [5.74, 6) is 2.18. The van der Waals surface area contributed by atoms with Gasteiger partial charge in [0.15, 0.2) is 0 Å². The van der Waals surface area contributed by atoms with Crippen LogP contribution in [0, 0.1) is 23.2 Å². The number of hydrogen-bond donors (Lipinski definition) is 2. The van der Waals surface area contributed by atoms with Gasteiger partial charge in [-0.1, -0.05) is 19.1 Å². The minimum absolute atomic E-state index is 0.0763. The Balaban J connectivity index is 1.65. The average molecular weight is 274 g/mol. The molecule has 2 N–H and O–H groups in total. The van der Waals surface area contributed by atoms with E-state index in [1.54, 1.807) is 5.57 Å². The summed E-state index contributed by atoms with van der Waals surface area (Å²) in [5.41, 5.74) is 3.15. The Morgan fingerprint density at radius 2 is 2.00 bits per heavy atom. The van der Waals surface area contributed by atoms with Crippen LogP contribution in [0.2, 0.25) is 0 Å². The van der Waals surface area contributed by atoms with Crippen molar-refractivity contribution >= 4 is 0 Å². The third-order valence-electron chi connectivity index (χ3n) is 6.88. The number of aliphatic hydroxyl groups excluding tert-OH is 2. The van der Waals surface area contributed by atoms with E-state index in [0.29, 0.717) is 11.8 Å². The quantitative estimate of drug-likeness (QED) is 0.712. The van der Waals surface area contributed by atoms with Crippen molar-refractivity contribution in [3.63, 3.8) is 0 Å². The van der Waals surface area contributed by atoms with E-state index in [4.69, 9.17) is 0 Å². The molecule has 3 saturated carbocycles. The second kappa shape index (κ2) is 4.45. The average Bonchev–Trinajstić information content (AvgIpc) is 2.74. The summed E-state index contributed by atoms with van der Waals surface area (Å²) in [4.78, 5) is 0. The summed E-state index contributed by atoms with van der Waals surface area (Å²) in [5, 5.41) is 20.2. The van der Waals surface area contributed by atoms with Gasteiger partial charge in [0.1, 0.15) is 0 Å². The van der Waals surface area contributed by atoms with Crippen LogP contribution in [0.25, 0.3) is 0 Å². The monoisotopic (exact) mass is 274 g/mol. The predicted octanol–water partition coefficient (Wildman–Crippen LogP) is 3.20. The molecule has 0 amide bonds. The fraction of sp³-hybridized carbons (Fsp3) is 0.778. The van der Waals surface area contributed by atoms with Gasteiger partial charge in [0.05, 0.1) is 12.2 Å². The fourth-order valence-corrected chi connectivity index (χ4v) is 5.76. The molecule has 0 saturated heterocycles. The minimum atomic E-state index is -0.257. The normalized spacial score (nSPS) is 50.6. The van der Waals surface area contributed by atoms with Crippen molar-refractivity contribution in [1.29, 1.82) is 0 Å². The van der Waals surface area contributed by atoms with Crippen molar-refractivity contribution < 1.29 is 10.2 Å². The second-order valence-corrected chi connectivity index (χ2v) is 7.71. The van der Waals surface area contributed by atoms with E-state index in [1.807, 2.05) is 0 Å². The summed E-state index contributed by atoms with van der Waals surface area (Å²) < 4.78 is 0. The molecule has 4 aliphatic carbocycles. The van der Waals surface area contributed by atoms with E-state index < -0.39 is 0 Å². The van der Waals surface area contributed by atoms with Crippen molar-refractivity contribution in [3.8, 4) is 0 Å². The summed E-state index contributed by atoms with van der Waals surface area (Å²) >= 11 is 0. The van der Waals surface area contributed by atoms with Crippen molar-refractivity contribution in [3.05, 3.63) is 23.3 Å². The van der Waals surface area contributed by atoms with Gasteiger partial charge in [0, 0.05) is 0 Å². The molecular weight excluding hydrogens is 248 g/mol. The highest BCUT2D eigenvalue weighted by Gasteiger charge is 2.54. The molecule has 6 atom stereocenters. The summed E-state index contributed by atoms with van der Waals surface area (Å²) in [6.45, 7) is 2.33. The first-order chi connectivity index (χ1) is 9.59. The molecule has 0 aliphatic heterocycles. The van der Waals surface area contributed by atoms with Crippen LogP contribution >= 0.6 is 0 Å². The summed E-state index contributed by atoms with van der Waals surface area (Å²) in [6.07, 6.45) is 11.9. The van der Waals surface area contributed by atoms with E-state index >= 15 is 0 Å². The number of hydrogen-bond acceptors (Lipinski definition) is 2. The van der Waals surface area contributed by atoms with Crippen LogP contribution in [0.1, 0.15) is 51.9 Å². The number of allylic oxidation sites excluding steroid dienone is 2. The van der Waals surface area contributed by atoms with Crippen LogP contribution in [-0.2, 0) is 0 Å². The molecule has 0 heterocycles. The maximum absolute atomic E-state index is 10.4. The lowest BCUT2D eigenvalue weighted by atomic mass is 9.54. The number of rotatable bonds is 0. The van der Waals surface area contributed by atoms with Crippen LogP contribution in [0.3, 0.4) is 0 Å². The smallest absolute Gasteiger partial charge is 0.0761 e. The standard InChI is InChI=1S/C18H26O2/c1-18-9-8-14-13-5-3-12(19)10-11(13)2-4-15(14)16(18)6-7-17(18)20/h5,10,12,14-17,19-20H,2-4,6-9H2,1H3/t12?,14-,15-,16+,17-,18+/m1/s1. The first kappa shape index (κ1) is 13.1. The van der Waals surface area contributed by atoms with Crippen molar-refractivity contribution in [1.82, 2.24) is 0 Å². The Labute approximate surface area is 121 Å². The summed E-state index contributed by atoms with van der Waals surface area (Å²) in [7, 11) is 0. The van der Waals surface area contributed by atoms with Crippen molar-refractivity contribution in [2.24, 2.45) is 23.2 Å². The molecule has 0 aromatic heterocycles. The SMILES string of the molecule is C[C@]12CC[C@@H]3C4=CCC(O)C=C4CC[C@H]3[C@@H]1CC[C@H]2O. The molecule has 0 radical (unpaired) electrons. The molecule has 20 heavy (non-hydrogen) atoms. The second-order valence-electron chi connectivity index (χ2n) is 7.71. The highest BCUT2D eigenvalue weighted by atomic mass is 16.3. The first-order valence-corrected chi connectivity index (χ1v) is 8.37. The van der Waals surface area contributed by atoms with Crippen LogP contribution < -0.4 is 0 Å². The van der Waals surface area contributed by atoms with Crippen LogP contribution in [-0.4, -0.2) is 22.4 Å². The summed E-state index contributed by atoms with van der Waals surface area (Å²) in [6, 6.07) is 0. The zero-order chi connectivity index (χ0) is 13.9. The lowest BCUT2D eigenvalue weighted by molar-refractivity contribution is -0.0308. The molecule has 110 valence electrons. The van der Waals surface area contributed by atoms with Crippen LogP contribution in [0.4, 0.5) is 0 Å². The zero-order valence-corrected chi connectivity index (χ0v) is 12.4. The Bertz CT molecular complexity index is 478. The third-order valence-corrected chi connectivity index (χ3v) is 6.88. The third kappa shape index (κ3) is 1.70. The van der Waals surface area contributed by atoms with Crippen molar-refractivity contribution in [2.45, 2.75) is 64.1 Å². The molecule has 0 spiro atoms. The molecule has 0 aromatic carbocycles. The maximum Gasteiger partial charge on any atom is 0.0761 e. The molecule has 0 aromatic rings. The van der Waals surface area contributed by atoms with E-state index in [1.165, 1.54) is 31.3 Å². The van der Waals surface area contributed by atoms with Gasteiger partial charge >= 0.3 is 0 Å². The van der Waals surface area contributed by atoms with Gasteiger partial charge in [-0.15, -0.1) is 0 Å². The molecule has 4 aliphatic rings. The molecule has 2 heteroatoms. The fourth-order valence-electron chi connectivity index (χ4n) is 5.76. The van der Waals surface area contributed by atoms with Gasteiger partial charge in [-0.3, -0.25) is 0 Å². The van der Waals surface area contributed by atoms with Gasteiger partial charge in [-0.25, -0.2) is 0 Å². The molecule has 2 nitrogen and oxygen atoms in total. The molecular formula is C18H26O2. The van der Waals surface area contributed by atoms with E-state index in [2.05, 4.69) is 19.1 Å². The van der Waals surface area contributed by atoms with E-state index in [-0.39, 0.29) is 17.6 Å². The maximum atomic E-state index is 10.4. The first-order valence-electron chi connectivity index (χ1n) is 8.37.